The highest BCUT2D eigenvalue weighted by Crippen LogP contribution is 2.39. The first kappa shape index (κ1) is 7.48. The summed E-state index contributed by atoms with van der Waals surface area (Å²) < 4.78 is 11.4. The molecule has 0 aromatic carbocycles. The van der Waals surface area contributed by atoms with E-state index in [1.807, 2.05) is 0 Å². The molecule has 0 aromatic rings. The summed E-state index contributed by atoms with van der Waals surface area (Å²) >= 11 is 0. The molecule has 3 aliphatic rings. The molecule has 1 aliphatic carbocycles. The Hall–Kier alpha value is -0.920. The van der Waals surface area contributed by atoms with Crippen molar-refractivity contribution in [2.75, 3.05) is 13.2 Å². The minimum Gasteiger partial charge on any atom is -0.493 e. The van der Waals surface area contributed by atoms with Crippen LogP contribution in [-0.4, -0.2) is 13.2 Å². The summed E-state index contributed by atoms with van der Waals surface area (Å²) in [6, 6.07) is 0. The number of hydrogen-bond acceptors (Lipinski definition) is 2. The van der Waals surface area contributed by atoms with E-state index in [-0.39, 0.29) is 0 Å². The number of hydrogen-bond donors (Lipinski definition) is 0. The molecule has 0 spiro atoms. The van der Waals surface area contributed by atoms with Gasteiger partial charge in [0.15, 0.2) is 0 Å². The highest BCUT2D eigenvalue weighted by molar-refractivity contribution is 5.39. The third kappa shape index (κ3) is 1.08. The third-order valence-corrected chi connectivity index (χ3v) is 3.08. The molecule has 3 rings (SSSR count). The largest absolute Gasteiger partial charge is 0.493 e. The Morgan fingerprint density at radius 1 is 0.923 bits per heavy atom. The fourth-order valence-electron chi connectivity index (χ4n) is 2.38. The van der Waals surface area contributed by atoms with Crippen LogP contribution < -0.4 is 0 Å². The number of allylic oxidation sites excluding steroid dienone is 2. The highest BCUT2D eigenvalue weighted by atomic mass is 16.5. The van der Waals surface area contributed by atoms with Gasteiger partial charge in [-0.05, 0) is 19.3 Å². The monoisotopic (exact) mass is 178 g/mol. The van der Waals surface area contributed by atoms with Gasteiger partial charge in [-0.25, -0.2) is 0 Å². The predicted octanol–water partition coefficient (Wildman–Crippen LogP) is 2.52. The van der Waals surface area contributed by atoms with Gasteiger partial charge in [-0.3, -0.25) is 0 Å². The van der Waals surface area contributed by atoms with Crippen LogP contribution in [0.2, 0.25) is 0 Å². The van der Waals surface area contributed by atoms with E-state index < -0.39 is 0 Å². The maximum Gasteiger partial charge on any atom is 0.128 e. The zero-order valence-corrected chi connectivity index (χ0v) is 7.77. The van der Waals surface area contributed by atoms with Gasteiger partial charge in [0.1, 0.15) is 18.1 Å². The molecule has 0 saturated carbocycles. The number of rotatable bonds is 0. The van der Waals surface area contributed by atoms with Gasteiger partial charge in [-0.2, -0.15) is 0 Å². The van der Waals surface area contributed by atoms with E-state index in [9.17, 15) is 0 Å². The molecule has 0 fully saturated rings. The van der Waals surface area contributed by atoms with E-state index in [2.05, 4.69) is 0 Å². The fraction of sp³-hybridized carbons (Fsp3) is 0.636. The summed E-state index contributed by atoms with van der Waals surface area (Å²) in [4.78, 5) is 0. The summed E-state index contributed by atoms with van der Waals surface area (Å²) in [7, 11) is 0. The Kier molecular flexibility index (Phi) is 1.61. The molecule has 0 amide bonds. The van der Waals surface area contributed by atoms with Crippen molar-refractivity contribution in [2.45, 2.75) is 32.1 Å². The van der Waals surface area contributed by atoms with Crippen LogP contribution >= 0.6 is 0 Å². The van der Waals surface area contributed by atoms with Gasteiger partial charge in [-0.1, -0.05) is 0 Å². The van der Waals surface area contributed by atoms with Gasteiger partial charge >= 0.3 is 0 Å². The van der Waals surface area contributed by atoms with Gasteiger partial charge in [-0.15, -0.1) is 0 Å². The molecule has 0 N–H and O–H groups in total. The molecule has 2 aliphatic heterocycles. The summed E-state index contributed by atoms with van der Waals surface area (Å²) in [5.74, 6) is 2.41. The molecule has 2 nitrogen and oxygen atoms in total. The van der Waals surface area contributed by atoms with Crippen molar-refractivity contribution in [3.63, 3.8) is 0 Å². The van der Waals surface area contributed by atoms with E-state index in [1.165, 1.54) is 35.5 Å². The van der Waals surface area contributed by atoms with E-state index >= 15 is 0 Å². The van der Waals surface area contributed by atoms with Crippen molar-refractivity contribution in [3.8, 4) is 0 Å². The summed E-state index contributed by atoms with van der Waals surface area (Å²) in [6.45, 7) is 1.65. The van der Waals surface area contributed by atoms with Crippen molar-refractivity contribution < 1.29 is 9.47 Å². The quantitative estimate of drug-likeness (QED) is 0.567. The third-order valence-electron chi connectivity index (χ3n) is 3.08. The number of fused-ring (bicyclic) bond motifs is 1. The van der Waals surface area contributed by atoms with Crippen LogP contribution in [0.25, 0.3) is 0 Å². The fourth-order valence-corrected chi connectivity index (χ4v) is 2.38. The van der Waals surface area contributed by atoms with Gasteiger partial charge in [0.2, 0.25) is 0 Å². The first-order chi connectivity index (χ1) is 6.45. The summed E-state index contributed by atoms with van der Waals surface area (Å²) in [5.41, 5.74) is 2.77. The average molecular weight is 178 g/mol. The minimum absolute atomic E-state index is 0.786. The predicted molar refractivity (Wildman–Crippen MR) is 49.0 cm³/mol. The lowest BCUT2D eigenvalue weighted by Crippen LogP contribution is -2.13. The highest BCUT2D eigenvalue weighted by Gasteiger charge is 2.29. The zero-order chi connectivity index (χ0) is 8.67. The minimum atomic E-state index is 0.786. The molecule has 13 heavy (non-hydrogen) atoms. The first-order valence-electron chi connectivity index (χ1n) is 5.15. The van der Waals surface area contributed by atoms with Crippen LogP contribution in [0.5, 0.6) is 0 Å². The molecule has 0 atom stereocenters. The molecular weight excluding hydrogens is 164 g/mol. The van der Waals surface area contributed by atoms with Crippen molar-refractivity contribution in [1.29, 1.82) is 0 Å². The van der Waals surface area contributed by atoms with Gasteiger partial charge in [0, 0.05) is 24.0 Å². The SMILES string of the molecule is C1CCC2=C(C1)OCC1=C2OCC1. The normalized spacial score (nSPS) is 26.5. The topological polar surface area (TPSA) is 18.5 Å². The molecule has 0 aromatic heterocycles. The van der Waals surface area contributed by atoms with Crippen molar-refractivity contribution >= 4 is 0 Å². The molecule has 0 radical (unpaired) electrons. The maximum absolute atomic E-state index is 5.74. The molecule has 2 heteroatoms. The smallest absolute Gasteiger partial charge is 0.128 e. The zero-order valence-electron chi connectivity index (χ0n) is 7.77. The van der Waals surface area contributed by atoms with E-state index in [1.54, 1.807) is 0 Å². The van der Waals surface area contributed by atoms with Crippen molar-refractivity contribution in [3.05, 3.63) is 22.7 Å². The molecule has 0 bridgehead atoms. The van der Waals surface area contributed by atoms with Gasteiger partial charge in [0.25, 0.3) is 0 Å². The Morgan fingerprint density at radius 3 is 2.85 bits per heavy atom. The average Bonchev–Trinajstić information content (AvgIpc) is 2.65. The molecule has 0 saturated heterocycles. The lowest BCUT2D eigenvalue weighted by molar-refractivity contribution is 0.192. The van der Waals surface area contributed by atoms with Crippen LogP contribution in [0.15, 0.2) is 22.7 Å². The van der Waals surface area contributed by atoms with E-state index in [0.29, 0.717) is 0 Å². The Balaban J connectivity index is 2.01. The van der Waals surface area contributed by atoms with Crippen LogP contribution in [0.1, 0.15) is 32.1 Å². The van der Waals surface area contributed by atoms with Crippen molar-refractivity contribution in [2.24, 2.45) is 0 Å². The lowest BCUT2D eigenvalue weighted by atomic mass is 9.93. The first-order valence-corrected chi connectivity index (χ1v) is 5.15. The Labute approximate surface area is 78.2 Å². The second kappa shape index (κ2) is 2.79. The second-order valence-corrected chi connectivity index (χ2v) is 3.93. The summed E-state index contributed by atoms with van der Waals surface area (Å²) in [6.07, 6.45) is 5.93. The van der Waals surface area contributed by atoms with E-state index in [0.717, 1.165) is 32.5 Å². The van der Waals surface area contributed by atoms with Crippen LogP contribution in [0, 0.1) is 0 Å². The maximum atomic E-state index is 5.74. The van der Waals surface area contributed by atoms with Crippen LogP contribution in [-0.2, 0) is 9.47 Å². The second-order valence-electron chi connectivity index (χ2n) is 3.93. The van der Waals surface area contributed by atoms with Gasteiger partial charge in [0.05, 0.1) is 6.61 Å². The summed E-state index contributed by atoms with van der Waals surface area (Å²) in [5, 5.41) is 0. The number of ether oxygens (including phenoxy) is 2. The van der Waals surface area contributed by atoms with Crippen LogP contribution in [0.3, 0.4) is 0 Å². The molecule has 0 unspecified atom stereocenters. The lowest BCUT2D eigenvalue weighted by Gasteiger charge is -2.25. The Morgan fingerprint density at radius 2 is 1.85 bits per heavy atom. The van der Waals surface area contributed by atoms with Crippen LogP contribution in [0.4, 0.5) is 0 Å². The Bertz CT molecular complexity index is 299. The molecule has 70 valence electrons. The molecular formula is C11H14O2. The van der Waals surface area contributed by atoms with Crippen molar-refractivity contribution in [1.82, 2.24) is 0 Å². The standard InChI is InChI=1S/C11H14O2/c1-2-4-10-9(3-1)11-8(7-13-10)5-6-12-11/h1-7H2. The molecule has 2 heterocycles. The van der Waals surface area contributed by atoms with Gasteiger partial charge < -0.3 is 9.47 Å². The van der Waals surface area contributed by atoms with E-state index in [4.69, 9.17) is 9.47 Å².